The van der Waals surface area contributed by atoms with Crippen LogP contribution in [0.1, 0.15) is 5.56 Å². The molecule has 0 radical (unpaired) electrons. The standard InChI is InChI=1S/C12H8Cl2FNO/c13-10-5-9(2-3-11(10)15)17-7-8-1-4-12(14)16-6-8/h1-6H,7H2. The number of benzene rings is 1. The molecule has 0 N–H and O–H groups in total. The number of hydrogen-bond donors (Lipinski definition) is 0. The van der Waals surface area contributed by atoms with Gasteiger partial charge in [0.1, 0.15) is 23.3 Å². The summed E-state index contributed by atoms with van der Waals surface area (Å²) in [5.41, 5.74) is 0.870. The molecule has 0 unspecified atom stereocenters. The summed E-state index contributed by atoms with van der Waals surface area (Å²) in [4.78, 5) is 3.92. The summed E-state index contributed by atoms with van der Waals surface area (Å²) in [5, 5.41) is 0.468. The summed E-state index contributed by atoms with van der Waals surface area (Å²) in [5.74, 6) is 0.0403. The van der Waals surface area contributed by atoms with Crippen molar-refractivity contribution in [2.45, 2.75) is 6.61 Å². The van der Waals surface area contributed by atoms with Crippen LogP contribution in [0.25, 0.3) is 0 Å². The Bertz CT molecular complexity index is 516. The largest absolute Gasteiger partial charge is 0.489 e. The number of nitrogens with zero attached hydrogens (tertiary/aromatic N) is 1. The van der Waals surface area contributed by atoms with Crippen LogP contribution in [0.15, 0.2) is 36.5 Å². The van der Waals surface area contributed by atoms with E-state index in [0.29, 0.717) is 17.5 Å². The van der Waals surface area contributed by atoms with E-state index in [2.05, 4.69) is 4.98 Å². The van der Waals surface area contributed by atoms with Crippen LogP contribution in [-0.2, 0) is 6.61 Å². The van der Waals surface area contributed by atoms with Gasteiger partial charge in [0.25, 0.3) is 0 Å². The average Bonchev–Trinajstić information content (AvgIpc) is 2.33. The molecule has 0 bridgehead atoms. The molecular weight excluding hydrogens is 264 g/mol. The summed E-state index contributed by atoms with van der Waals surface area (Å²) in [6.07, 6.45) is 1.62. The van der Waals surface area contributed by atoms with Crippen LogP contribution < -0.4 is 4.74 Å². The molecule has 2 aromatic rings. The molecule has 5 heteroatoms. The second-order valence-electron chi connectivity index (χ2n) is 3.35. The van der Waals surface area contributed by atoms with Crippen molar-refractivity contribution in [1.82, 2.24) is 4.98 Å². The van der Waals surface area contributed by atoms with Crippen molar-refractivity contribution in [2.75, 3.05) is 0 Å². The minimum absolute atomic E-state index is 0.0386. The van der Waals surface area contributed by atoms with Crippen molar-refractivity contribution in [3.8, 4) is 5.75 Å². The van der Waals surface area contributed by atoms with E-state index in [1.807, 2.05) is 0 Å². The number of halogens is 3. The lowest BCUT2D eigenvalue weighted by molar-refractivity contribution is 0.305. The number of hydrogen-bond acceptors (Lipinski definition) is 2. The molecule has 1 aromatic heterocycles. The van der Waals surface area contributed by atoms with Crippen LogP contribution in [0.4, 0.5) is 4.39 Å². The molecule has 17 heavy (non-hydrogen) atoms. The number of pyridine rings is 1. The smallest absolute Gasteiger partial charge is 0.142 e. The first-order valence-corrected chi connectivity index (χ1v) is 5.59. The number of rotatable bonds is 3. The van der Waals surface area contributed by atoms with Crippen LogP contribution in [-0.4, -0.2) is 4.98 Å². The average molecular weight is 272 g/mol. The summed E-state index contributed by atoms with van der Waals surface area (Å²) >= 11 is 11.3. The van der Waals surface area contributed by atoms with Gasteiger partial charge in [0.05, 0.1) is 5.02 Å². The van der Waals surface area contributed by atoms with Gasteiger partial charge in [-0.1, -0.05) is 29.3 Å². The van der Waals surface area contributed by atoms with Crippen molar-refractivity contribution >= 4 is 23.2 Å². The van der Waals surface area contributed by atoms with Crippen molar-refractivity contribution in [3.05, 3.63) is 58.1 Å². The van der Waals surface area contributed by atoms with Crippen LogP contribution >= 0.6 is 23.2 Å². The molecule has 0 aliphatic heterocycles. The van der Waals surface area contributed by atoms with E-state index in [1.165, 1.54) is 18.2 Å². The maximum atomic E-state index is 12.9. The quantitative estimate of drug-likeness (QED) is 0.784. The van der Waals surface area contributed by atoms with Gasteiger partial charge in [0.15, 0.2) is 0 Å². The monoisotopic (exact) mass is 271 g/mol. The Balaban J connectivity index is 2.02. The SMILES string of the molecule is Fc1ccc(OCc2ccc(Cl)nc2)cc1Cl. The Morgan fingerprint density at radius 1 is 1.18 bits per heavy atom. The van der Waals surface area contributed by atoms with Crippen molar-refractivity contribution in [1.29, 1.82) is 0 Å². The van der Waals surface area contributed by atoms with Crippen molar-refractivity contribution < 1.29 is 9.13 Å². The van der Waals surface area contributed by atoms with E-state index >= 15 is 0 Å². The Kier molecular flexibility index (Phi) is 3.82. The maximum absolute atomic E-state index is 12.9. The van der Waals surface area contributed by atoms with Gasteiger partial charge >= 0.3 is 0 Å². The predicted molar refractivity (Wildman–Crippen MR) is 65.0 cm³/mol. The van der Waals surface area contributed by atoms with Gasteiger partial charge in [-0.2, -0.15) is 0 Å². The lowest BCUT2D eigenvalue weighted by atomic mass is 10.3. The first-order valence-electron chi connectivity index (χ1n) is 4.83. The number of ether oxygens (including phenoxy) is 1. The van der Waals surface area contributed by atoms with Gasteiger partial charge in [-0.15, -0.1) is 0 Å². The van der Waals surface area contributed by atoms with Gasteiger partial charge in [-0.3, -0.25) is 0 Å². The molecule has 2 rings (SSSR count). The molecule has 0 atom stereocenters. The highest BCUT2D eigenvalue weighted by molar-refractivity contribution is 6.30. The summed E-state index contributed by atoms with van der Waals surface area (Å²) in [6.45, 7) is 0.326. The van der Waals surface area contributed by atoms with E-state index in [1.54, 1.807) is 18.3 Å². The fourth-order valence-electron chi connectivity index (χ4n) is 1.23. The van der Waals surface area contributed by atoms with E-state index in [-0.39, 0.29) is 5.02 Å². The molecule has 0 spiro atoms. The topological polar surface area (TPSA) is 22.1 Å². The maximum Gasteiger partial charge on any atom is 0.142 e. The fraction of sp³-hybridized carbons (Fsp3) is 0.0833. The predicted octanol–water partition coefficient (Wildman–Crippen LogP) is 4.11. The summed E-state index contributed by atoms with van der Waals surface area (Å²) in [7, 11) is 0. The van der Waals surface area contributed by atoms with Gasteiger partial charge in [0.2, 0.25) is 0 Å². The van der Waals surface area contributed by atoms with Crippen LogP contribution in [0.3, 0.4) is 0 Å². The van der Waals surface area contributed by atoms with Crippen molar-refractivity contribution in [3.63, 3.8) is 0 Å². The highest BCUT2D eigenvalue weighted by atomic mass is 35.5. The van der Waals surface area contributed by atoms with Crippen molar-refractivity contribution in [2.24, 2.45) is 0 Å². The second kappa shape index (κ2) is 5.34. The molecule has 0 aliphatic rings. The highest BCUT2D eigenvalue weighted by Crippen LogP contribution is 2.21. The zero-order chi connectivity index (χ0) is 12.3. The van der Waals surface area contributed by atoms with E-state index in [0.717, 1.165) is 5.56 Å². The van der Waals surface area contributed by atoms with Crippen LogP contribution in [0.5, 0.6) is 5.75 Å². The Morgan fingerprint density at radius 2 is 2.00 bits per heavy atom. The second-order valence-corrected chi connectivity index (χ2v) is 4.15. The van der Waals surface area contributed by atoms with E-state index < -0.39 is 5.82 Å². The highest BCUT2D eigenvalue weighted by Gasteiger charge is 2.02. The molecule has 0 saturated carbocycles. The van der Waals surface area contributed by atoms with Gasteiger partial charge in [0, 0.05) is 17.8 Å². The van der Waals surface area contributed by atoms with E-state index in [4.69, 9.17) is 27.9 Å². The first-order chi connectivity index (χ1) is 8.15. The van der Waals surface area contributed by atoms with Gasteiger partial charge in [-0.05, 0) is 18.2 Å². The molecule has 0 saturated heterocycles. The Hall–Kier alpha value is -1.32. The molecule has 2 nitrogen and oxygen atoms in total. The summed E-state index contributed by atoms with van der Waals surface area (Å²) < 4.78 is 18.3. The third kappa shape index (κ3) is 3.32. The molecule has 1 aromatic carbocycles. The lowest BCUT2D eigenvalue weighted by Gasteiger charge is -2.06. The molecular formula is C12H8Cl2FNO. The molecule has 0 aliphatic carbocycles. The normalized spacial score (nSPS) is 10.3. The third-order valence-electron chi connectivity index (χ3n) is 2.09. The summed E-state index contributed by atoms with van der Waals surface area (Å²) in [6, 6.07) is 7.70. The Labute approximate surface area is 108 Å². The minimum atomic E-state index is -0.466. The van der Waals surface area contributed by atoms with E-state index in [9.17, 15) is 4.39 Å². The molecule has 0 fully saturated rings. The molecule has 0 amide bonds. The Morgan fingerprint density at radius 3 is 2.65 bits per heavy atom. The number of aromatic nitrogens is 1. The minimum Gasteiger partial charge on any atom is -0.489 e. The third-order valence-corrected chi connectivity index (χ3v) is 2.60. The van der Waals surface area contributed by atoms with Crippen LogP contribution in [0, 0.1) is 5.82 Å². The lowest BCUT2D eigenvalue weighted by Crippen LogP contribution is -1.96. The zero-order valence-electron chi connectivity index (χ0n) is 8.66. The molecule has 1 heterocycles. The fourth-order valence-corrected chi connectivity index (χ4v) is 1.51. The van der Waals surface area contributed by atoms with Gasteiger partial charge < -0.3 is 4.74 Å². The molecule has 88 valence electrons. The first kappa shape index (κ1) is 12.1. The van der Waals surface area contributed by atoms with Crippen LogP contribution in [0.2, 0.25) is 10.2 Å². The zero-order valence-corrected chi connectivity index (χ0v) is 10.2. The van der Waals surface area contributed by atoms with Gasteiger partial charge in [-0.25, -0.2) is 9.37 Å².